The van der Waals surface area contributed by atoms with Gasteiger partial charge in [-0.1, -0.05) is 79.4 Å². The first-order valence-corrected chi connectivity index (χ1v) is 18.1. The molecular weight excluding hydrogens is 602 g/mol. The van der Waals surface area contributed by atoms with Crippen LogP contribution >= 0.6 is 0 Å². The number of nitrogens with one attached hydrogen (secondary N) is 1. The Hall–Kier alpha value is -4.05. The van der Waals surface area contributed by atoms with Gasteiger partial charge in [0.2, 0.25) is 21.8 Å². The largest absolute Gasteiger partial charge is 0.486 e. The van der Waals surface area contributed by atoms with Crippen molar-refractivity contribution < 1.29 is 27.5 Å². The number of carbonyl (C=O) groups excluding carboxylic acids is 2. The summed E-state index contributed by atoms with van der Waals surface area (Å²) >= 11 is 0. The normalized spacial score (nSPS) is 15.5. The summed E-state index contributed by atoms with van der Waals surface area (Å²) in [6.45, 7) is 3.21. The number of amides is 2. The van der Waals surface area contributed by atoms with Crippen molar-refractivity contribution >= 4 is 27.5 Å². The molecular formula is C36H45N3O6S. The van der Waals surface area contributed by atoms with E-state index < -0.39 is 16.1 Å². The van der Waals surface area contributed by atoms with Gasteiger partial charge < -0.3 is 19.7 Å². The molecule has 0 bridgehead atoms. The Morgan fingerprint density at radius 1 is 0.891 bits per heavy atom. The maximum atomic E-state index is 14.1. The molecule has 46 heavy (non-hydrogen) atoms. The zero-order valence-electron chi connectivity index (χ0n) is 26.8. The highest BCUT2D eigenvalue weighted by Gasteiger charge is 2.32. The number of nitrogens with zero attached hydrogens (tertiary/aromatic N) is 2. The zero-order chi connectivity index (χ0) is 32.5. The van der Waals surface area contributed by atoms with Crippen LogP contribution in [-0.4, -0.2) is 63.2 Å². The van der Waals surface area contributed by atoms with E-state index in [1.54, 1.807) is 23.1 Å². The lowest BCUT2D eigenvalue weighted by molar-refractivity contribution is -0.141. The van der Waals surface area contributed by atoms with Crippen LogP contribution < -0.4 is 19.1 Å². The molecule has 0 saturated heterocycles. The molecule has 1 saturated carbocycles. The van der Waals surface area contributed by atoms with Crippen molar-refractivity contribution in [1.29, 1.82) is 0 Å². The van der Waals surface area contributed by atoms with E-state index in [1.807, 2.05) is 61.5 Å². The van der Waals surface area contributed by atoms with Crippen molar-refractivity contribution in [2.45, 2.75) is 76.9 Å². The molecule has 0 aromatic heterocycles. The maximum absolute atomic E-state index is 14.1. The van der Waals surface area contributed by atoms with Crippen LogP contribution in [0.25, 0.3) is 0 Å². The van der Waals surface area contributed by atoms with Gasteiger partial charge in [0.1, 0.15) is 19.3 Å². The number of rotatable bonds is 13. The van der Waals surface area contributed by atoms with Crippen LogP contribution in [0.15, 0.2) is 72.8 Å². The van der Waals surface area contributed by atoms with E-state index in [2.05, 4.69) is 5.32 Å². The Kier molecular flexibility index (Phi) is 11.2. The predicted octanol–water partition coefficient (Wildman–Crippen LogP) is 5.40. The fourth-order valence-electron chi connectivity index (χ4n) is 6.18. The molecule has 1 N–H and O–H groups in total. The lowest BCUT2D eigenvalue weighted by Crippen LogP contribution is -2.52. The highest BCUT2D eigenvalue weighted by atomic mass is 32.2. The van der Waals surface area contributed by atoms with Gasteiger partial charge in [0.05, 0.1) is 11.9 Å². The third kappa shape index (κ3) is 9.02. The minimum atomic E-state index is -3.65. The number of benzene rings is 3. The van der Waals surface area contributed by atoms with E-state index in [4.69, 9.17) is 9.47 Å². The quantitative estimate of drug-likeness (QED) is 0.266. The molecule has 5 rings (SSSR count). The Balaban J connectivity index is 1.37. The van der Waals surface area contributed by atoms with Crippen LogP contribution in [0.1, 0.15) is 61.6 Å². The van der Waals surface area contributed by atoms with E-state index in [0.29, 0.717) is 36.8 Å². The van der Waals surface area contributed by atoms with Crippen molar-refractivity contribution in [3.05, 3.63) is 89.5 Å². The molecule has 1 fully saturated rings. The van der Waals surface area contributed by atoms with Crippen molar-refractivity contribution in [2.75, 3.05) is 30.3 Å². The maximum Gasteiger partial charge on any atom is 0.243 e. The summed E-state index contributed by atoms with van der Waals surface area (Å²) in [7, 11) is -3.65. The van der Waals surface area contributed by atoms with Crippen LogP contribution in [-0.2, 0) is 32.6 Å². The molecule has 1 atom stereocenters. The van der Waals surface area contributed by atoms with Gasteiger partial charge in [-0.05, 0) is 49.4 Å². The average Bonchev–Trinajstić information content (AvgIpc) is 3.05. The summed E-state index contributed by atoms with van der Waals surface area (Å²) in [5.74, 6) is 0.716. The molecule has 10 heteroatoms. The van der Waals surface area contributed by atoms with Crippen molar-refractivity contribution in [3.63, 3.8) is 0 Å². The summed E-state index contributed by atoms with van der Waals surface area (Å²) in [6, 6.07) is 22.2. The summed E-state index contributed by atoms with van der Waals surface area (Å²) in [6.07, 6.45) is 7.10. The van der Waals surface area contributed by atoms with Crippen molar-refractivity contribution in [2.24, 2.45) is 0 Å². The standard InChI is InChI=1S/C36H45N3O6S/c1-27-15-17-29(18-16-27)26-38(32(24-28-10-5-3-6-11-28)36(41)37-30-12-7-4-8-13-30)35(40)14-9-21-39(46(2,42)43)31-19-20-33-34(25-31)45-23-22-44-33/h3,5-6,10-11,15-20,25,30,32H,4,7-9,12-14,21-24,26H2,1-2H3,(H,37,41)/t32-/m0/s1. The van der Waals surface area contributed by atoms with Crippen LogP contribution in [0.5, 0.6) is 11.5 Å². The van der Waals surface area contributed by atoms with E-state index >= 15 is 0 Å². The van der Waals surface area contributed by atoms with E-state index in [9.17, 15) is 18.0 Å². The summed E-state index contributed by atoms with van der Waals surface area (Å²) < 4.78 is 38.3. The minimum Gasteiger partial charge on any atom is -0.486 e. The number of carbonyl (C=O) groups is 2. The number of anilines is 1. The van der Waals surface area contributed by atoms with Gasteiger partial charge in [0.25, 0.3) is 0 Å². The zero-order valence-corrected chi connectivity index (χ0v) is 27.6. The van der Waals surface area contributed by atoms with E-state index in [1.165, 1.54) is 10.7 Å². The number of ether oxygens (including phenoxy) is 2. The topological polar surface area (TPSA) is 105 Å². The van der Waals surface area contributed by atoms with Gasteiger partial charge in [-0.15, -0.1) is 0 Å². The lowest BCUT2D eigenvalue weighted by Gasteiger charge is -2.34. The monoisotopic (exact) mass is 647 g/mol. The number of hydrogen-bond acceptors (Lipinski definition) is 6. The summed E-state index contributed by atoms with van der Waals surface area (Å²) in [4.78, 5) is 29.8. The molecule has 1 heterocycles. The van der Waals surface area contributed by atoms with Gasteiger partial charge in [0.15, 0.2) is 11.5 Å². The smallest absolute Gasteiger partial charge is 0.243 e. The molecule has 9 nitrogen and oxygen atoms in total. The van der Waals surface area contributed by atoms with Crippen molar-refractivity contribution in [1.82, 2.24) is 10.2 Å². The van der Waals surface area contributed by atoms with Crippen LogP contribution in [0.4, 0.5) is 5.69 Å². The van der Waals surface area contributed by atoms with Gasteiger partial charge in [0, 0.05) is 38.0 Å². The Morgan fingerprint density at radius 3 is 2.28 bits per heavy atom. The third-order valence-corrected chi connectivity index (χ3v) is 9.86. The Morgan fingerprint density at radius 2 is 1.59 bits per heavy atom. The summed E-state index contributed by atoms with van der Waals surface area (Å²) in [5.41, 5.74) is 3.45. The van der Waals surface area contributed by atoms with Crippen LogP contribution in [0, 0.1) is 6.92 Å². The lowest BCUT2D eigenvalue weighted by atomic mass is 9.94. The fourth-order valence-corrected chi connectivity index (χ4v) is 7.14. The Bertz CT molecular complexity index is 1570. The SMILES string of the molecule is Cc1ccc(CN(C(=O)CCCN(c2ccc3c(c2)OCCO3)S(C)(=O)=O)[C@@H](Cc2ccccc2)C(=O)NC2CCCCC2)cc1. The predicted molar refractivity (Wildman–Crippen MR) is 180 cm³/mol. The van der Waals surface area contributed by atoms with Crippen molar-refractivity contribution in [3.8, 4) is 11.5 Å². The van der Waals surface area contributed by atoms with Crippen LogP contribution in [0.3, 0.4) is 0 Å². The van der Waals surface area contributed by atoms with E-state index in [-0.39, 0.29) is 43.8 Å². The second-order valence-corrected chi connectivity index (χ2v) is 14.2. The molecule has 2 aliphatic rings. The minimum absolute atomic E-state index is 0.0738. The molecule has 2 amide bonds. The summed E-state index contributed by atoms with van der Waals surface area (Å²) in [5, 5.41) is 3.27. The highest BCUT2D eigenvalue weighted by molar-refractivity contribution is 7.92. The second-order valence-electron chi connectivity index (χ2n) is 12.3. The second kappa shape index (κ2) is 15.5. The van der Waals surface area contributed by atoms with Gasteiger partial charge >= 0.3 is 0 Å². The van der Waals surface area contributed by atoms with Gasteiger partial charge in [-0.25, -0.2) is 8.42 Å². The first kappa shape index (κ1) is 33.3. The first-order valence-electron chi connectivity index (χ1n) is 16.2. The van der Waals surface area contributed by atoms with Crippen LogP contribution in [0.2, 0.25) is 0 Å². The molecule has 0 radical (unpaired) electrons. The number of hydrogen-bond donors (Lipinski definition) is 1. The third-order valence-electron chi connectivity index (χ3n) is 8.66. The number of fused-ring (bicyclic) bond motifs is 1. The molecule has 0 spiro atoms. The van der Waals surface area contributed by atoms with Gasteiger partial charge in [-0.3, -0.25) is 13.9 Å². The molecule has 3 aromatic carbocycles. The number of aryl methyl sites for hydroxylation is 1. The Labute approximate surface area is 272 Å². The van der Waals surface area contributed by atoms with Gasteiger partial charge in [-0.2, -0.15) is 0 Å². The average molecular weight is 648 g/mol. The first-order chi connectivity index (χ1) is 22.2. The molecule has 1 aliphatic carbocycles. The molecule has 1 aliphatic heterocycles. The number of sulfonamides is 1. The molecule has 246 valence electrons. The molecule has 3 aromatic rings. The highest BCUT2D eigenvalue weighted by Crippen LogP contribution is 2.35. The van der Waals surface area contributed by atoms with E-state index in [0.717, 1.165) is 48.6 Å². The fraction of sp³-hybridized carbons (Fsp3) is 0.444. The molecule has 0 unspecified atom stereocenters.